The molecule has 4 aromatic rings. The van der Waals surface area contributed by atoms with Crippen molar-refractivity contribution in [3.63, 3.8) is 0 Å². The van der Waals surface area contributed by atoms with Gasteiger partial charge >= 0.3 is 36.1 Å². The smallest absolute Gasteiger partial charge is 0.411 e. The summed E-state index contributed by atoms with van der Waals surface area (Å²) in [6.07, 6.45) is 1.19. The van der Waals surface area contributed by atoms with Crippen LogP contribution in [0, 0.1) is 11.8 Å². The minimum Gasteiger partial charge on any atom is -0.497 e. The number of amides is 4. The van der Waals surface area contributed by atoms with E-state index in [1.807, 2.05) is 0 Å². The van der Waals surface area contributed by atoms with E-state index in [1.165, 1.54) is 57.5 Å². The van der Waals surface area contributed by atoms with Gasteiger partial charge < -0.3 is 58.4 Å². The number of benzene rings is 2. The van der Waals surface area contributed by atoms with E-state index in [1.54, 1.807) is 90.1 Å². The molecule has 0 bridgehead atoms. The second-order valence-electron chi connectivity index (χ2n) is 21.8. The number of aromatic nitrogens is 2. The van der Waals surface area contributed by atoms with Crippen molar-refractivity contribution in [2.45, 2.75) is 121 Å². The van der Waals surface area contributed by atoms with Crippen LogP contribution in [-0.4, -0.2) is 168 Å². The predicted molar refractivity (Wildman–Crippen MR) is 296 cm³/mol. The second-order valence-corrected chi connectivity index (χ2v) is 21.8. The van der Waals surface area contributed by atoms with Gasteiger partial charge in [-0.3, -0.25) is 19.4 Å². The lowest BCUT2D eigenvalue weighted by molar-refractivity contribution is -0.147. The quantitative estimate of drug-likeness (QED) is 0.0605. The summed E-state index contributed by atoms with van der Waals surface area (Å²) in [7, 11) is 6.73. The van der Waals surface area contributed by atoms with Gasteiger partial charge in [0.25, 0.3) is 0 Å². The summed E-state index contributed by atoms with van der Waals surface area (Å²) >= 11 is 0. The van der Waals surface area contributed by atoms with E-state index in [0.29, 0.717) is 51.9 Å². The summed E-state index contributed by atoms with van der Waals surface area (Å²) in [5, 5.41) is 16.3. The molecular weight excluding hydrogens is 1070 g/mol. The van der Waals surface area contributed by atoms with Gasteiger partial charge in [-0.1, -0.05) is 19.6 Å². The number of nitrogens with one attached hydrogen (secondary N) is 2. The van der Waals surface area contributed by atoms with Crippen molar-refractivity contribution in [2.75, 3.05) is 48.6 Å². The van der Waals surface area contributed by atoms with Gasteiger partial charge in [-0.15, -0.1) is 13.2 Å². The molecule has 82 heavy (non-hydrogen) atoms. The Morgan fingerprint density at radius 2 is 1.00 bits per heavy atom. The zero-order chi connectivity index (χ0) is 59.5. The van der Waals surface area contributed by atoms with Crippen LogP contribution in [0.3, 0.4) is 0 Å². The number of aromatic carboxylic acids is 1. The number of carbonyl (C=O) groups is 8. The molecule has 24 heteroatoms. The molecule has 4 fully saturated rings. The molecule has 2 aliphatic heterocycles. The van der Waals surface area contributed by atoms with Gasteiger partial charge in [-0.2, -0.15) is 0 Å². The Hall–Kier alpha value is -8.70. The second kappa shape index (κ2) is 24.6. The third-order valence-corrected chi connectivity index (χ3v) is 13.9. The molecule has 4 aliphatic rings. The lowest BCUT2D eigenvalue weighted by atomic mass is 10.1. The highest BCUT2D eigenvalue weighted by atomic mass is 16.6. The van der Waals surface area contributed by atoms with Crippen molar-refractivity contribution in [3.05, 3.63) is 85.2 Å². The number of pyridine rings is 2. The van der Waals surface area contributed by atoms with Crippen LogP contribution in [0.2, 0.25) is 0 Å². The van der Waals surface area contributed by atoms with Crippen molar-refractivity contribution >= 4 is 69.7 Å². The maximum absolute atomic E-state index is 13.6. The van der Waals surface area contributed by atoms with Crippen LogP contribution in [0.25, 0.3) is 21.8 Å². The molecule has 0 unspecified atom stereocenters. The zero-order valence-corrected chi connectivity index (χ0v) is 47.1. The van der Waals surface area contributed by atoms with E-state index in [0.717, 1.165) is 0 Å². The number of fused-ring (bicyclic) bond motifs is 2. The number of hydrogen-bond donors (Lipinski definition) is 3. The number of nitrogens with zero attached hydrogens (tertiary/aromatic N) is 4. The Kier molecular flexibility index (Phi) is 18.7. The number of ether oxygens (including phenoxy) is 9. The number of likely N-dealkylation sites (tertiary alicyclic amines) is 2. The van der Waals surface area contributed by atoms with Gasteiger partial charge in [0, 0.05) is 59.7 Å². The van der Waals surface area contributed by atoms with Crippen LogP contribution in [0.1, 0.15) is 95.6 Å². The number of carboxylic acid groups (broad SMARTS) is 1. The first-order chi connectivity index (χ1) is 38.2. The molecule has 4 heterocycles. The highest BCUT2D eigenvalue weighted by Gasteiger charge is 2.63. The fourth-order valence-corrected chi connectivity index (χ4v) is 9.76. The Balaban J connectivity index is 0.000000261. The summed E-state index contributed by atoms with van der Waals surface area (Å²) in [5.41, 5.74) is -3.57. The maximum Gasteiger partial charge on any atom is 0.411 e. The minimum atomic E-state index is -1.25. The molecule has 3 N–H and O–H groups in total. The topological polar surface area (TPSA) is 296 Å². The molecule has 2 aliphatic carbocycles. The van der Waals surface area contributed by atoms with E-state index in [4.69, 9.17) is 42.6 Å². The van der Waals surface area contributed by atoms with Crippen molar-refractivity contribution in [1.82, 2.24) is 30.4 Å². The van der Waals surface area contributed by atoms with Crippen molar-refractivity contribution in [3.8, 4) is 23.0 Å². The first kappa shape index (κ1) is 62.5. The first-order valence-corrected chi connectivity index (χ1v) is 25.8. The number of rotatable bonds is 16. The lowest BCUT2D eigenvalue weighted by Gasteiger charge is -2.28. The third kappa shape index (κ3) is 13.5. The summed E-state index contributed by atoms with van der Waals surface area (Å²) in [6, 6.07) is 10.8. The monoisotopic (exact) mass is 1140 g/mol. The average Bonchev–Trinajstić information content (AvgIpc) is 4.21. The maximum atomic E-state index is 13.6. The fraction of sp³-hybridized carbons (Fsp3) is 0.483. The summed E-state index contributed by atoms with van der Waals surface area (Å²) in [5.74, 6) is -3.24. The van der Waals surface area contributed by atoms with Crippen molar-refractivity contribution in [1.29, 1.82) is 0 Å². The number of carboxylic acids is 1. The van der Waals surface area contributed by atoms with E-state index in [2.05, 4.69) is 33.8 Å². The molecule has 442 valence electrons. The summed E-state index contributed by atoms with van der Waals surface area (Å²) in [6.45, 7) is 17.7. The van der Waals surface area contributed by atoms with Gasteiger partial charge in [0.2, 0.25) is 11.8 Å². The number of hydrogen-bond acceptors (Lipinski definition) is 19. The molecule has 0 radical (unpaired) electrons. The van der Waals surface area contributed by atoms with E-state index in [9.17, 15) is 43.5 Å². The Bertz CT molecular complexity index is 3170. The van der Waals surface area contributed by atoms with Crippen LogP contribution < -0.4 is 29.6 Å². The fourth-order valence-electron chi connectivity index (χ4n) is 9.76. The highest BCUT2D eigenvalue weighted by molar-refractivity contribution is 5.98. The van der Waals surface area contributed by atoms with Gasteiger partial charge in [0.15, 0.2) is 11.4 Å². The van der Waals surface area contributed by atoms with E-state index >= 15 is 0 Å². The van der Waals surface area contributed by atoms with Crippen LogP contribution >= 0.6 is 0 Å². The molecule has 2 aromatic carbocycles. The van der Waals surface area contributed by atoms with Gasteiger partial charge in [0.1, 0.15) is 69.6 Å². The largest absolute Gasteiger partial charge is 0.497 e. The van der Waals surface area contributed by atoms with Crippen LogP contribution in [-0.2, 0) is 42.9 Å². The minimum absolute atomic E-state index is 0. The third-order valence-electron chi connectivity index (χ3n) is 13.9. The number of methoxy groups -OCH3 is 5. The lowest BCUT2D eigenvalue weighted by Crippen LogP contribution is -2.53. The molecule has 24 nitrogen and oxygen atoms in total. The molecule has 2 saturated carbocycles. The SMILES string of the molecule is C.C=C[C@H]1C[C@]1(NC(=O)[C@@H]1C[C@@H](Oc2cc(C(=O)O)nc3cc(OC)ccc23)CN1C(=O)OC(C)(C)C)C(=O)OC.C=C[C@H]1C[C@]1(NC(=O)[C@@H]1C[C@@H](Oc2cc(C(=O)OC)nc3cc(OC)ccc23)CN1C(=O)OC(C)(C)C)C(=O)OC. The highest BCUT2D eigenvalue weighted by Crippen LogP contribution is 2.47. The van der Waals surface area contributed by atoms with Crippen LogP contribution in [0.5, 0.6) is 23.0 Å². The standard InChI is InChI=1S/C29H35N3O9.C28H33N3O9.CH4/c1-8-16-14-29(16,26(35)39-7)31-24(33)22-12-18(15-32(22)27(36)41-28(2,3)4)40-23-13-21(25(34)38-6)30-20-11-17(37-5)9-10-19(20)23;1-7-15-13-28(15,25(35)38-6)30-23(32)21-11-17(14-31(21)26(36)40-27(2,3)4)39-22-12-20(24(33)34)29-19-10-16(37-5)8-9-18(19)22;/h8-11,13,16,18,22H,1,12,14-15H2,2-7H3,(H,31,33);7-10,12,15,17,21H,1,11,13-14H2,2-6H3,(H,30,32)(H,33,34);1H4/t16-,18+,22-,29+;15-,17+,21-,28+;/m00./s1. The zero-order valence-electron chi connectivity index (χ0n) is 47.1. The van der Waals surface area contributed by atoms with Gasteiger partial charge in [-0.05, 0) is 78.6 Å². The molecule has 2 saturated heterocycles. The molecule has 4 amide bonds. The summed E-state index contributed by atoms with van der Waals surface area (Å²) in [4.78, 5) is 114. The van der Waals surface area contributed by atoms with Gasteiger partial charge in [0.05, 0.1) is 59.7 Å². The van der Waals surface area contributed by atoms with Crippen LogP contribution in [0.15, 0.2) is 73.8 Å². The van der Waals surface area contributed by atoms with Crippen molar-refractivity contribution in [2.24, 2.45) is 11.8 Å². The first-order valence-electron chi connectivity index (χ1n) is 25.8. The Labute approximate surface area is 474 Å². The normalized spacial score (nSPS) is 23.3. The Morgan fingerprint density at radius 3 is 1.33 bits per heavy atom. The number of esters is 3. The molecular formula is C58H72N6O18. The molecule has 0 spiro atoms. The van der Waals surface area contributed by atoms with E-state index in [-0.39, 0.29) is 62.3 Å². The predicted octanol–water partition coefficient (Wildman–Crippen LogP) is 6.59. The molecule has 8 rings (SSSR count). The number of carbonyl (C=O) groups excluding carboxylic acids is 7. The average molecular weight is 1140 g/mol. The van der Waals surface area contributed by atoms with Crippen LogP contribution in [0.4, 0.5) is 9.59 Å². The molecule has 8 atom stereocenters. The Morgan fingerprint density at radius 1 is 0.610 bits per heavy atom. The molecule has 2 aromatic heterocycles. The van der Waals surface area contributed by atoms with E-state index < -0.39 is 94.4 Å². The summed E-state index contributed by atoms with van der Waals surface area (Å²) < 4.78 is 48.9. The van der Waals surface area contributed by atoms with Crippen molar-refractivity contribution < 1.29 is 86.1 Å². The van der Waals surface area contributed by atoms with Gasteiger partial charge in [-0.25, -0.2) is 38.7 Å².